The first-order valence-corrected chi connectivity index (χ1v) is 8.68. The van der Waals surface area contributed by atoms with Gasteiger partial charge >= 0.3 is 18.5 Å². The fraction of sp³-hybridized carbons (Fsp3) is 0.143. The van der Waals surface area contributed by atoms with Crippen molar-refractivity contribution in [3.8, 4) is 5.69 Å². The minimum Gasteiger partial charge on any atom is -0.308 e. The Labute approximate surface area is 168 Å². The summed E-state index contributed by atoms with van der Waals surface area (Å²) in [7, 11) is 0. The van der Waals surface area contributed by atoms with Gasteiger partial charge in [-0.2, -0.15) is 39.5 Å². The number of hydrogen-bond acceptors (Lipinski definition) is 0. The van der Waals surface area contributed by atoms with Crippen LogP contribution >= 0.6 is 0 Å². The third-order valence-corrected chi connectivity index (χ3v) is 4.85. The molecule has 1 heterocycles. The first-order valence-electron chi connectivity index (χ1n) is 8.68. The van der Waals surface area contributed by atoms with E-state index in [1.165, 1.54) is 36.4 Å². The summed E-state index contributed by atoms with van der Waals surface area (Å²) < 4.78 is 123. The van der Waals surface area contributed by atoms with Crippen molar-refractivity contribution >= 4 is 21.8 Å². The summed E-state index contributed by atoms with van der Waals surface area (Å²) >= 11 is 0. The van der Waals surface area contributed by atoms with E-state index in [-0.39, 0.29) is 23.2 Å². The van der Waals surface area contributed by atoms with E-state index in [9.17, 15) is 39.5 Å². The molecule has 3 aromatic carbocycles. The summed E-state index contributed by atoms with van der Waals surface area (Å²) in [4.78, 5) is 0. The lowest BCUT2D eigenvalue weighted by Crippen LogP contribution is -2.20. The van der Waals surface area contributed by atoms with Gasteiger partial charge in [-0.1, -0.05) is 36.4 Å². The smallest absolute Gasteiger partial charge is 0.308 e. The standard InChI is InChI=1S/C21H10F9N/c22-19(23,24)11-9-14(20(25,26)27)18(15(10-11)21(28,29)30)31-16-7-3-1-5-12(16)13-6-2-4-8-17(13)31/h1-10H. The number of hydrogen-bond donors (Lipinski definition) is 0. The van der Waals surface area contributed by atoms with E-state index < -0.39 is 40.9 Å². The van der Waals surface area contributed by atoms with Gasteiger partial charge in [-0.15, -0.1) is 0 Å². The predicted octanol–water partition coefficient (Wildman–Crippen LogP) is 7.84. The van der Waals surface area contributed by atoms with Crippen molar-refractivity contribution in [3.63, 3.8) is 0 Å². The minimum absolute atomic E-state index is 0.000501. The summed E-state index contributed by atoms with van der Waals surface area (Å²) in [6, 6.07) is 11.0. The summed E-state index contributed by atoms with van der Waals surface area (Å²) in [6.07, 6.45) is -16.4. The van der Waals surface area contributed by atoms with Crippen LogP contribution in [0, 0.1) is 0 Å². The zero-order valence-electron chi connectivity index (χ0n) is 15.1. The summed E-state index contributed by atoms with van der Waals surface area (Å²) in [6.45, 7) is 0. The molecule has 0 fully saturated rings. The highest BCUT2D eigenvalue weighted by molar-refractivity contribution is 6.09. The molecule has 0 aliphatic carbocycles. The topological polar surface area (TPSA) is 4.93 Å². The Morgan fingerprint density at radius 3 is 1.26 bits per heavy atom. The van der Waals surface area contributed by atoms with Crippen LogP contribution in [0.5, 0.6) is 0 Å². The van der Waals surface area contributed by atoms with Crippen molar-refractivity contribution in [2.45, 2.75) is 18.5 Å². The molecular weight excluding hydrogens is 437 g/mol. The number of benzene rings is 3. The summed E-state index contributed by atoms with van der Waals surface area (Å²) in [5, 5.41) is 0.721. The van der Waals surface area contributed by atoms with E-state index in [0.29, 0.717) is 10.8 Å². The van der Waals surface area contributed by atoms with Crippen molar-refractivity contribution < 1.29 is 39.5 Å². The first kappa shape index (κ1) is 21.1. The van der Waals surface area contributed by atoms with E-state index >= 15 is 0 Å². The average molecular weight is 447 g/mol. The first-order chi connectivity index (χ1) is 14.3. The van der Waals surface area contributed by atoms with E-state index in [0.717, 1.165) is 4.57 Å². The normalized spacial score (nSPS) is 13.3. The van der Waals surface area contributed by atoms with Gasteiger partial charge in [-0.3, -0.25) is 0 Å². The van der Waals surface area contributed by atoms with Crippen molar-refractivity contribution in [2.24, 2.45) is 0 Å². The highest BCUT2D eigenvalue weighted by Crippen LogP contribution is 2.47. The second-order valence-electron chi connectivity index (χ2n) is 6.78. The molecule has 0 spiro atoms. The van der Waals surface area contributed by atoms with Crippen LogP contribution in [0.25, 0.3) is 27.5 Å². The Balaban J connectivity index is 2.27. The Morgan fingerprint density at radius 1 is 0.516 bits per heavy atom. The van der Waals surface area contributed by atoms with Crippen LogP contribution < -0.4 is 0 Å². The lowest BCUT2D eigenvalue weighted by Gasteiger charge is -2.23. The maximum Gasteiger partial charge on any atom is 0.418 e. The highest BCUT2D eigenvalue weighted by Gasteiger charge is 2.45. The lowest BCUT2D eigenvalue weighted by atomic mass is 10.00. The number of aromatic nitrogens is 1. The second kappa shape index (κ2) is 6.66. The third kappa shape index (κ3) is 3.49. The Hall–Kier alpha value is -3.17. The molecule has 4 rings (SSSR count). The van der Waals surface area contributed by atoms with Crippen molar-refractivity contribution in [3.05, 3.63) is 77.4 Å². The third-order valence-electron chi connectivity index (χ3n) is 4.85. The quantitative estimate of drug-likeness (QED) is 0.262. The van der Waals surface area contributed by atoms with E-state index in [2.05, 4.69) is 0 Å². The van der Waals surface area contributed by atoms with Gasteiger partial charge in [-0.05, 0) is 24.3 Å². The molecule has 0 aliphatic heterocycles. The van der Waals surface area contributed by atoms with Crippen LogP contribution in [0.4, 0.5) is 39.5 Å². The molecule has 0 bridgehead atoms. The fourth-order valence-electron chi connectivity index (χ4n) is 3.63. The molecule has 10 heteroatoms. The van der Waals surface area contributed by atoms with Crippen LogP contribution in [0.3, 0.4) is 0 Å². The molecule has 0 radical (unpaired) electrons. The molecule has 0 amide bonds. The molecule has 0 atom stereocenters. The van der Waals surface area contributed by atoms with Crippen LogP contribution in [-0.2, 0) is 18.5 Å². The number of halogens is 9. The second-order valence-corrected chi connectivity index (χ2v) is 6.78. The number of nitrogens with zero attached hydrogens (tertiary/aromatic N) is 1. The van der Waals surface area contributed by atoms with E-state index in [1.54, 1.807) is 12.1 Å². The molecule has 31 heavy (non-hydrogen) atoms. The van der Waals surface area contributed by atoms with E-state index in [4.69, 9.17) is 0 Å². The predicted molar refractivity (Wildman–Crippen MR) is 95.8 cm³/mol. The number of rotatable bonds is 1. The molecule has 1 nitrogen and oxygen atoms in total. The van der Waals surface area contributed by atoms with Crippen LogP contribution in [0.1, 0.15) is 16.7 Å². The molecule has 0 aliphatic rings. The Morgan fingerprint density at radius 2 is 0.903 bits per heavy atom. The molecular formula is C21H10F9N. The SMILES string of the molecule is FC(F)(F)c1cc(C(F)(F)F)c(-n2c3ccccc3c3ccccc32)c(C(F)(F)F)c1. The highest BCUT2D eigenvalue weighted by atomic mass is 19.4. The van der Waals surface area contributed by atoms with Crippen LogP contribution in [0.2, 0.25) is 0 Å². The largest absolute Gasteiger partial charge is 0.418 e. The van der Waals surface area contributed by atoms with Crippen molar-refractivity contribution in [1.29, 1.82) is 0 Å². The number of para-hydroxylation sites is 2. The van der Waals surface area contributed by atoms with Gasteiger partial charge in [0, 0.05) is 10.8 Å². The lowest BCUT2D eigenvalue weighted by molar-refractivity contribution is -0.148. The fourth-order valence-corrected chi connectivity index (χ4v) is 3.63. The van der Waals surface area contributed by atoms with Crippen LogP contribution in [-0.4, -0.2) is 4.57 Å². The Kier molecular flexibility index (Phi) is 4.53. The van der Waals surface area contributed by atoms with Gasteiger partial charge in [0.15, 0.2) is 0 Å². The Bertz CT molecular complexity index is 1200. The molecule has 0 unspecified atom stereocenters. The van der Waals surface area contributed by atoms with Gasteiger partial charge in [0.05, 0.1) is 33.4 Å². The molecule has 0 saturated carbocycles. The van der Waals surface area contributed by atoms with Crippen molar-refractivity contribution in [1.82, 2.24) is 4.57 Å². The molecule has 162 valence electrons. The number of alkyl halides is 9. The van der Waals surface area contributed by atoms with Gasteiger partial charge in [0.2, 0.25) is 0 Å². The molecule has 1 aromatic heterocycles. The molecule has 4 aromatic rings. The average Bonchev–Trinajstić information content (AvgIpc) is 2.99. The number of fused-ring (bicyclic) bond motifs is 3. The minimum atomic E-state index is -5.48. The van der Waals surface area contributed by atoms with E-state index in [1.807, 2.05) is 0 Å². The summed E-state index contributed by atoms with van der Waals surface area (Å²) in [5.41, 5.74) is -7.48. The molecule has 0 N–H and O–H groups in total. The van der Waals surface area contributed by atoms with Crippen LogP contribution in [0.15, 0.2) is 60.7 Å². The van der Waals surface area contributed by atoms with Gasteiger partial charge in [0.1, 0.15) is 0 Å². The zero-order valence-corrected chi connectivity index (χ0v) is 15.1. The van der Waals surface area contributed by atoms with Gasteiger partial charge < -0.3 is 4.57 Å². The maximum absolute atomic E-state index is 13.8. The van der Waals surface area contributed by atoms with Crippen molar-refractivity contribution in [2.75, 3.05) is 0 Å². The zero-order chi connectivity index (χ0) is 22.8. The van der Waals surface area contributed by atoms with Gasteiger partial charge in [-0.25, -0.2) is 0 Å². The maximum atomic E-state index is 13.8. The summed E-state index contributed by atoms with van der Waals surface area (Å²) in [5.74, 6) is 0. The molecule has 0 saturated heterocycles. The van der Waals surface area contributed by atoms with Gasteiger partial charge in [0.25, 0.3) is 0 Å². The monoisotopic (exact) mass is 447 g/mol.